The summed E-state index contributed by atoms with van der Waals surface area (Å²) in [5, 5.41) is 16.1. The van der Waals surface area contributed by atoms with Crippen molar-refractivity contribution in [3.05, 3.63) is 24.0 Å². The summed E-state index contributed by atoms with van der Waals surface area (Å²) in [6.07, 6.45) is 3.58. The fourth-order valence-corrected chi connectivity index (χ4v) is 0.250. The van der Waals surface area contributed by atoms with Crippen LogP contribution in [-0.4, -0.2) is 11.4 Å². The van der Waals surface area contributed by atoms with Crippen molar-refractivity contribution in [2.75, 3.05) is 0 Å². The van der Waals surface area contributed by atoms with Crippen LogP contribution in [0.3, 0.4) is 0 Å². The fraction of sp³-hybridized carbons (Fsp3) is 0. The Labute approximate surface area is 52.5 Å². The molecule has 0 aliphatic heterocycles. The van der Waals surface area contributed by atoms with Gasteiger partial charge in [-0.25, -0.2) is 0 Å². The van der Waals surface area contributed by atoms with E-state index in [1.54, 1.807) is 6.07 Å². The lowest BCUT2D eigenvalue weighted by atomic mass is 10.3. The zero-order valence-corrected chi connectivity index (χ0v) is 4.61. The van der Waals surface area contributed by atoms with Crippen LogP contribution < -0.4 is 0 Å². The zero-order valence-electron chi connectivity index (χ0n) is 4.61. The molecule has 0 heterocycles. The van der Waals surface area contributed by atoms with E-state index in [4.69, 9.17) is 10.4 Å². The summed E-state index contributed by atoms with van der Waals surface area (Å²) >= 11 is 0. The van der Waals surface area contributed by atoms with Gasteiger partial charge in [0.15, 0.2) is 6.29 Å². The van der Waals surface area contributed by atoms with Gasteiger partial charge in [0.05, 0.1) is 11.8 Å². The highest BCUT2D eigenvalue weighted by atomic mass is 16.2. The van der Waals surface area contributed by atoms with Crippen LogP contribution in [0.1, 0.15) is 0 Å². The van der Waals surface area contributed by atoms with Gasteiger partial charge < -0.3 is 5.11 Å². The van der Waals surface area contributed by atoms with Crippen LogP contribution in [-0.2, 0) is 4.79 Å². The van der Waals surface area contributed by atoms with E-state index in [0.29, 0.717) is 6.29 Å². The third-order valence-electron chi connectivity index (χ3n) is 0.618. The molecule has 0 saturated heterocycles. The third-order valence-corrected chi connectivity index (χ3v) is 0.618. The van der Waals surface area contributed by atoms with Crippen molar-refractivity contribution in [2.45, 2.75) is 0 Å². The number of hydrogen-bond acceptors (Lipinski definition) is 3. The number of aliphatic hydroxyl groups excluding tert-OH is 1. The number of nitriles is 1. The van der Waals surface area contributed by atoms with E-state index in [-0.39, 0.29) is 5.57 Å². The van der Waals surface area contributed by atoms with Gasteiger partial charge in [-0.15, -0.1) is 0 Å². The van der Waals surface area contributed by atoms with Crippen molar-refractivity contribution in [3.8, 4) is 6.07 Å². The van der Waals surface area contributed by atoms with Gasteiger partial charge >= 0.3 is 0 Å². The Kier molecular flexibility index (Phi) is 3.80. The first-order valence-corrected chi connectivity index (χ1v) is 2.21. The molecule has 46 valence electrons. The second-order valence-electron chi connectivity index (χ2n) is 1.19. The van der Waals surface area contributed by atoms with E-state index in [1.165, 1.54) is 12.2 Å². The van der Waals surface area contributed by atoms with Crippen LogP contribution in [0.5, 0.6) is 0 Å². The second-order valence-corrected chi connectivity index (χ2v) is 1.19. The Morgan fingerprint density at radius 2 is 2.33 bits per heavy atom. The predicted molar refractivity (Wildman–Crippen MR) is 31.5 cm³/mol. The van der Waals surface area contributed by atoms with E-state index in [0.717, 1.165) is 6.26 Å². The number of allylic oxidation sites excluding steroid dienone is 3. The molecule has 0 atom stereocenters. The lowest BCUT2D eigenvalue weighted by Crippen LogP contribution is -1.75. The summed E-state index contributed by atoms with van der Waals surface area (Å²) in [6, 6.07) is 1.62. The fourth-order valence-electron chi connectivity index (χ4n) is 0.250. The minimum Gasteiger partial charge on any atom is -0.516 e. The molecule has 0 spiro atoms. The lowest BCUT2D eigenvalue weighted by Gasteiger charge is -1.74. The van der Waals surface area contributed by atoms with E-state index in [1.807, 2.05) is 0 Å². The molecule has 0 aromatic heterocycles. The summed E-state index contributed by atoms with van der Waals surface area (Å²) in [4.78, 5) is 9.84. The van der Waals surface area contributed by atoms with Gasteiger partial charge in [0.1, 0.15) is 6.07 Å². The summed E-state index contributed by atoms with van der Waals surface area (Å²) in [5.41, 5.74) is -0.0136. The monoisotopic (exact) mass is 123 g/mol. The minimum absolute atomic E-state index is 0.0136. The van der Waals surface area contributed by atoms with Crippen LogP contribution >= 0.6 is 0 Å². The highest BCUT2D eigenvalue weighted by Gasteiger charge is 1.84. The number of aldehydes is 1. The minimum atomic E-state index is -0.0136. The Morgan fingerprint density at radius 3 is 2.67 bits per heavy atom. The van der Waals surface area contributed by atoms with Crippen molar-refractivity contribution in [3.63, 3.8) is 0 Å². The molecule has 0 bridgehead atoms. The number of rotatable bonds is 2. The van der Waals surface area contributed by atoms with Crippen molar-refractivity contribution < 1.29 is 9.90 Å². The maximum absolute atomic E-state index is 9.84. The summed E-state index contributed by atoms with van der Waals surface area (Å²) < 4.78 is 0. The number of aliphatic hydroxyl groups is 1. The molecular formula is C6H5NO2. The third kappa shape index (κ3) is 3.06. The van der Waals surface area contributed by atoms with Gasteiger partial charge in [0.2, 0.25) is 0 Å². The maximum Gasteiger partial charge on any atom is 0.160 e. The van der Waals surface area contributed by atoms with E-state index < -0.39 is 0 Å². The molecule has 1 N–H and O–H groups in total. The zero-order chi connectivity index (χ0) is 7.11. The van der Waals surface area contributed by atoms with Crippen LogP contribution in [0.25, 0.3) is 0 Å². The molecule has 3 nitrogen and oxygen atoms in total. The van der Waals surface area contributed by atoms with E-state index in [2.05, 4.69) is 0 Å². The number of carbonyl (C=O) groups is 1. The van der Waals surface area contributed by atoms with Gasteiger partial charge in [0.25, 0.3) is 0 Å². The van der Waals surface area contributed by atoms with Crippen molar-refractivity contribution in [2.24, 2.45) is 0 Å². The van der Waals surface area contributed by atoms with Crippen LogP contribution in [0.15, 0.2) is 24.0 Å². The molecule has 0 radical (unpaired) electrons. The smallest absolute Gasteiger partial charge is 0.160 e. The quantitative estimate of drug-likeness (QED) is 0.193. The summed E-state index contributed by atoms with van der Waals surface area (Å²) in [7, 11) is 0. The van der Waals surface area contributed by atoms with Crippen LogP contribution in [0.2, 0.25) is 0 Å². The van der Waals surface area contributed by atoms with Gasteiger partial charge in [0, 0.05) is 0 Å². The average molecular weight is 123 g/mol. The van der Waals surface area contributed by atoms with Crippen molar-refractivity contribution in [1.82, 2.24) is 0 Å². The standard InChI is InChI=1S/C6H5NO2/c7-4-6(5-9)2-1-3-8/h1-3,5,8H/b3-1+,6-2-. The molecule has 0 aliphatic rings. The predicted octanol–water partition coefficient (Wildman–Crippen LogP) is 0.707. The van der Waals surface area contributed by atoms with Gasteiger partial charge in [-0.05, 0) is 12.2 Å². The molecule has 0 unspecified atom stereocenters. The molecule has 0 fully saturated rings. The van der Waals surface area contributed by atoms with E-state index >= 15 is 0 Å². The van der Waals surface area contributed by atoms with E-state index in [9.17, 15) is 4.79 Å². The summed E-state index contributed by atoms with van der Waals surface area (Å²) in [6.45, 7) is 0. The first-order valence-electron chi connectivity index (χ1n) is 2.21. The summed E-state index contributed by atoms with van der Waals surface area (Å²) in [5.74, 6) is 0. The number of nitrogens with zero attached hydrogens (tertiary/aromatic N) is 1. The molecule has 0 aromatic rings. The SMILES string of the molecule is N#C/C(C=O)=C/C=C/O. The van der Waals surface area contributed by atoms with Gasteiger partial charge in [-0.2, -0.15) is 5.26 Å². The second kappa shape index (κ2) is 4.60. The highest BCUT2D eigenvalue weighted by Crippen LogP contribution is 1.85. The molecule has 0 aliphatic carbocycles. The molecule has 9 heavy (non-hydrogen) atoms. The molecule has 3 heteroatoms. The van der Waals surface area contributed by atoms with Gasteiger partial charge in [-0.1, -0.05) is 0 Å². The van der Waals surface area contributed by atoms with Crippen molar-refractivity contribution >= 4 is 6.29 Å². The first-order chi connectivity index (χ1) is 4.35. The first kappa shape index (κ1) is 7.44. The van der Waals surface area contributed by atoms with Crippen LogP contribution in [0.4, 0.5) is 0 Å². The normalized spacial score (nSPS) is 11.2. The largest absolute Gasteiger partial charge is 0.516 e. The van der Waals surface area contributed by atoms with Crippen LogP contribution in [0, 0.1) is 11.3 Å². The topological polar surface area (TPSA) is 61.1 Å². The molecule has 0 rings (SSSR count). The Bertz CT molecular complexity index is 186. The Hall–Kier alpha value is -1.56. The van der Waals surface area contributed by atoms with Crippen molar-refractivity contribution in [1.29, 1.82) is 5.26 Å². The maximum atomic E-state index is 9.84. The average Bonchev–Trinajstić information content (AvgIpc) is 1.91. The highest BCUT2D eigenvalue weighted by molar-refractivity contribution is 5.79. The Morgan fingerprint density at radius 1 is 1.67 bits per heavy atom. The molecule has 0 saturated carbocycles. The number of carbonyl (C=O) groups excluding carboxylic acids is 1. The lowest BCUT2D eigenvalue weighted by molar-refractivity contribution is -0.104. The molecule has 0 aromatic carbocycles. The van der Waals surface area contributed by atoms with Gasteiger partial charge in [-0.3, -0.25) is 4.79 Å². The molecular weight excluding hydrogens is 118 g/mol. The molecule has 0 amide bonds. The number of hydrogen-bond donors (Lipinski definition) is 1. The Balaban J connectivity index is 4.12.